The second-order valence-corrected chi connectivity index (χ2v) is 8.89. The summed E-state index contributed by atoms with van der Waals surface area (Å²) >= 11 is 0. The first-order chi connectivity index (χ1) is 14.5. The standard InChI is InChI=1S/C14H6N2O14S2.2K/c17-11-5(31(25,26)27)1-3(15(21)22)7-9(11)14(20)10-8(13(7)19)4(16(23)24)2-6(12(10)18)32(28,29)30;;/h1-2,17-18H,(H,25,26,27)(H,28,29,30);;. The topological polar surface area (TPSA) is 270 Å². The van der Waals surface area contributed by atoms with Crippen LogP contribution in [0.3, 0.4) is 0 Å². The molecule has 4 N–H and O–H groups in total. The van der Waals surface area contributed by atoms with Crippen LogP contribution in [0.25, 0.3) is 0 Å². The summed E-state index contributed by atoms with van der Waals surface area (Å²) in [5.74, 6) is -6.94. The van der Waals surface area contributed by atoms with Gasteiger partial charge in [0.05, 0.1) is 21.0 Å². The van der Waals surface area contributed by atoms with Gasteiger partial charge in [0.1, 0.15) is 32.4 Å². The van der Waals surface area contributed by atoms with Gasteiger partial charge in [-0.05, 0) is 0 Å². The Morgan fingerprint density at radius 3 is 1.15 bits per heavy atom. The molecule has 2 aromatic rings. The van der Waals surface area contributed by atoms with Crippen LogP contribution in [0.2, 0.25) is 0 Å². The number of hydrogen-bond donors (Lipinski definition) is 4. The van der Waals surface area contributed by atoms with Crippen molar-refractivity contribution in [3.05, 3.63) is 54.6 Å². The molecule has 0 aliphatic heterocycles. The molecular formula is C14H6K2N2O14S2. The number of carbonyl (C=O) groups excluding carboxylic acids is 2. The molecule has 0 atom stereocenters. The number of nitro benzene ring substituents is 2. The summed E-state index contributed by atoms with van der Waals surface area (Å²) in [6.07, 6.45) is 0. The Bertz CT molecular complexity index is 1420. The molecule has 0 aromatic heterocycles. The molecule has 0 heterocycles. The van der Waals surface area contributed by atoms with Gasteiger partial charge in [-0.25, -0.2) is 0 Å². The van der Waals surface area contributed by atoms with Crippen molar-refractivity contribution in [2.24, 2.45) is 0 Å². The van der Waals surface area contributed by atoms with Crippen LogP contribution in [0, 0.1) is 20.2 Å². The number of benzene rings is 2. The average molecular weight is 569 g/mol. The zero-order chi connectivity index (χ0) is 24.5. The molecule has 0 unspecified atom stereocenters. The van der Waals surface area contributed by atoms with Gasteiger partial charge < -0.3 is 10.2 Å². The van der Waals surface area contributed by atoms with Gasteiger partial charge in [-0.3, -0.25) is 38.9 Å². The normalized spacial score (nSPS) is 12.6. The maximum atomic E-state index is 12.9. The van der Waals surface area contributed by atoms with E-state index in [0.717, 1.165) is 0 Å². The van der Waals surface area contributed by atoms with Crippen LogP contribution in [-0.2, 0) is 20.2 Å². The minimum absolute atomic E-state index is 0. The Hall–Kier alpha value is -0.727. The molecule has 1 aliphatic carbocycles. The number of carbonyl (C=O) groups is 2. The number of nitrogens with zero attached hydrogens (tertiary/aromatic N) is 2. The Labute approximate surface area is 273 Å². The number of phenolic OH excluding ortho intramolecular Hbond substituents is 2. The summed E-state index contributed by atoms with van der Waals surface area (Å²) in [5.41, 5.74) is -8.47. The number of ketones is 2. The molecule has 0 amide bonds. The number of hydrogen-bond acceptors (Lipinski definition) is 12. The predicted molar refractivity (Wildman–Crippen MR) is 108 cm³/mol. The first kappa shape index (κ1) is 31.3. The Kier molecular flexibility index (Phi) is 9.51. The fourth-order valence-electron chi connectivity index (χ4n) is 3.10. The van der Waals surface area contributed by atoms with E-state index in [0.29, 0.717) is 0 Å². The van der Waals surface area contributed by atoms with Gasteiger partial charge in [0, 0.05) is 115 Å². The number of rotatable bonds is 4. The number of phenols is 2. The second kappa shape index (κ2) is 10.3. The summed E-state index contributed by atoms with van der Waals surface area (Å²) in [4.78, 5) is 42.7. The fraction of sp³-hybridized carbons (Fsp3) is 0. The number of aromatic hydroxyl groups is 2. The third kappa shape index (κ3) is 5.06. The van der Waals surface area contributed by atoms with E-state index in [4.69, 9.17) is 0 Å². The van der Waals surface area contributed by atoms with Gasteiger partial charge in [0.25, 0.3) is 31.6 Å². The Morgan fingerprint density at radius 2 is 0.912 bits per heavy atom. The molecule has 16 nitrogen and oxygen atoms in total. The van der Waals surface area contributed by atoms with Crippen molar-refractivity contribution in [1.82, 2.24) is 0 Å². The molecular weight excluding hydrogens is 562 g/mol. The van der Waals surface area contributed by atoms with Crippen LogP contribution in [-0.4, -0.2) is 160 Å². The van der Waals surface area contributed by atoms with Crippen LogP contribution in [0.4, 0.5) is 11.4 Å². The molecule has 0 saturated carbocycles. The van der Waals surface area contributed by atoms with Crippen LogP contribution < -0.4 is 0 Å². The van der Waals surface area contributed by atoms with E-state index in [9.17, 15) is 66.0 Å². The average Bonchev–Trinajstić information content (AvgIpc) is 2.62. The summed E-state index contributed by atoms with van der Waals surface area (Å²) < 4.78 is 64.3. The van der Waals surface area contributed by atoms with Crippen LogP contribution in [0.5, 0.6) is 11.5 Å². The van der Waals surface area contributed by atoms with Crippen LogP contribution >= 0.6 is 0 Å². The summed E-state index contributed by atoms with van der Waals surface area (Å²) in [6.45, 7) is 0. The fourth-order valence-corrected chi connectivity index (χ4v) is 4.32. The molecule has 2 radical (unpaired) electrons. The Balaban J connectivity index is 0.00000289. The van der Waals surface area contributed by atoms with Gasteiger partial charge in [-0.1, -0.05) is 0 Å². The van der Waals surface area contributed by atoms with Crippen molar-refractivity contribution in [2.75, 3.05) is 0 Å². The maximum absolute atomic E-state index is 12.9. The molecule has 0 spiro atoms. The molecule has 0 fully saturated rings. The number of fused-ring (bicyclic) bond motifs is 2. The van der Waals surface area contributed by atoms with E-state index in [1.807, 2.05) is 0 Å². The van der Waals surface area contributed by atoms with Crippen LogP contribution in [0.1, 0.15) is 31.8 Å². The molecule has 20 heteroatoms. The van der Waals surface area contributed by atoms with E-state index in [-0.39, 0.29) is 115 Å². The van der Waals surface area contributed by atoms with Gasteiger partial charge in [0.15, 0.2) is 0 Å². The van der Waals surface area contributed by atoms with Crippen molar-refractivity contribution in [3.8, 4) is 11.5 Å². The van der Waals surface area contributed by atoms with Crippen molar-refractivity contribution in [2.45, 2.75) is 9.79 Å². The van der Waals surface area contributed by atoms with Crippen LogP contribution in [0.15, 0.2) is 21.9 Å². The van der Waals surface area contributed by atoms with E-state index < -0.39 is 96.6 Å². The smallest absolute Gasteiger partial charge is 0.298 e. The molecule has 0 saturated heterocycles. The minimum atomic E-state index is -5.43. The van der Waals surface area contributed by atoms with Gasteiger partial charge in [0.2, 0.25) is 11.6 Å². The molecule has 34 heavy (non-hydrogen) atoms. The summed E-state index contributed by atoms with van der Waals surface area (Å²) in [5, 5.41) is 43.1. The molecule has 1 aliphatic rings. The third-order valence-electron chi connectivity index (χ3n) is 4.35. The second-order valence-electron chi connectivity index (χ2n) is 6.11. The maximum Gasteiger partial charge on any atom is 0.298 e. The zero-order valence-corrected chi connectivity index (χ0v) is 24.6. The van der Waals surface area contributed by atoms with E-state index in [1.54, 1.807) is 0 Å². The quantitative estimate of drug-likeness (QED) is 0.133. The van der Waals surface area contributed by atoms with Gasteiger partial charge in [-0.2, -0.15) is 16.8 Å². The first-order valence-electron chi connectivity index (χ1n) is 7.63. The van der Waals surface area contributed by atoms with Gasteiger partial charge >= 0.3 is 0 Å². The molecule has 170 valence electrons. The first-order valence-corrected chi connectivity index (χ1v) is 10.5. The SMILES string of the molecule is O=C1c2c([N+](=O)[O-])cc(S(=O)(=O)O)c(O)c2C(=O)c2c(O)c(S(=O)(=O)O)cc([N+](=O)[O-])c21.[K].[K]. The number of nitro groups is 2. The largest absolute Gasteiger partial charge is 0.506 e. The van der Waals surface area contributed by atoms with Crippen molar-refractivity contribution in [3.63, 3.8) is 0 Å². The third-order valence-corrected chi connectivity index (χ3v) is 6.08. The molecule has 0 bridgehead atoms. The van der Waals surface area contributed by atoms with Gasteiger partial charge in [-0.15, -0.1) is 0 Å². The predicted octanol–water partition coefficient (Wildman–Crippen LogP) is -0.579. The van der Waals surface area contributed by atoms with E-state index >= 15 is 0 Å². The Morgan fingerprint density at radius 1 is 0.647 bits per heavy atom. The molecule has 3 rings (SSSR count). The van der Waals surface area contributed by atoms with Crippen molar-refractivity contribution in [1.29, 1.82) is 0 Å². The summed E-state index contributed by atoms with van der Waals surface area (Å²) in [7, 11) is -10.9. The van der Waals surface area contributed by atoms with E-state index in [2.05, 4.69) is 0 Å². The van der Waals surface area contributed by atoms with Crippen molar-refractivity contribution >= 4 is 146 Å². The van der Waals surface area contributed by atoms with Crippen molar-refractivity contribution < 1.29 is 55.6 Å². The summed E-state index contributed by atoms with van der Waals surface area (Å²) in [6, 6.07) is 0.0514. The molecule has 2 aromatic carbocycles. The zero-order valence-electron chi connectivity index (χ0n) is 16.7. The van der Waals surface area contributed by atoms with E-state index in [1.165, 1.54) is 0 Å². The monoisotopic (exact) mass is 568 g/mol. The minimum Gasteiger partial charge on any atom is -0.506 e.